The molecule has 1 rings (SSSR count). The van der Waals surface area contributed by atoms with Crippen molar-refractivity contribution in [2.75, 3.05) is 7.11 Å². The standard InChI is InChI=1S/C11H14N2O/c1-8-4-5-10(6-7-13-12)11(14-3)9(8)2/h4-5,7H,6H2,1-3H3. The summed E-state index contributed by atoms with van der Waals surface area (Å²) in [5.41, 5.74) is 11.7. The van der Waals surface area contributed by atoms with E-state index in [0.29, 0.717) is 6.42 Å². The van der Waals surface area contributed by atoms with Gasteiger partial charge in [-0.1, -0.05) is 12.1 Å². The number of hydrogen-bond donors (Lipinski definition) is 0. The normalized spacial score (nSPS) is 9.36. The van der Waals surface area contributed by atoms with Crippen LogP contribution in [0, 0.1) is 13.8 Å². The summed E-state index contributed by atoms with van der Waals surface area (Å²) >= 11 is 0. The van der Waals surface area contributed by atoms with Crippen LogP contribution < -0.4 is 4.74 Å². The van der Waals surface area contributed by atoms with Crippen LogP contribution >= 0.6 is 0 Å². The molecule has 0 bridgehead atoms. The van der Waals surface area contributed by atoms with Crippen LogP contribution in [0.4, 0.5) is 0 Å². The molecule has 0 fully saturated rings. The monoisotopic (exact) mass is 190 g/mol. The Morgan fingerprint density at radius 1 is 1.43 bits per heavy atom. The van der Waals surface area contributed by atoms with Gasteiger partial charge in [-0.15, -0.1) is 0 Å². The SMILES string of the molecule is COc1c(CC=[N+]=[N-])ccc(C)c1C. The molecule has 0 unspecified atom stereocenters. The third kappa shape index (κ3) is 2.01. The van der Waals surface area contributed by atoms with E-state index in [9.17, 15) is 0 Å². The molecular weight excluding hydrogens is 176 g/mol. The van der Waals surface area contributed by atoms with Crippen molar-refractivity contribution in [3.8, 4) is 5.75 Å². The van der Waals surface area contributed by atoms with E-state index in [4.69, 9.17) is 10.3 Å². The van der Waals surface area contributed by atoms with E-state index in [1.54, 1.807) is 7.11 Å². The van der Waals surface area contributed by atoms with Gasteiger partial charge in [0, 0.05) is 5.56 Å². The van der Waals surface area contributed by atoms with Gasteiger partial charge in [-0.3, -0.25) is 0 Å². The van der Waals surface area contributed by atoms with Gasteiger partial charge in [0.05, 0.1) is 13.5 Å². The highest BCUT2D eigenvalue weighted by atomic mass is 16.5. The van der Waals surface area contributed by atoms with Crippen molar-refractivity contribution in [2.24, 2.45) is 0 Å². The van der Waals surface area contributed by atoms with E-state index >= 15 is 0 Å². The number of nitrogens with zero attached hydrogens (tertiary/aromatic N) is 2. The molecule has 74 valence electrons. The molecule has 0 radical (unpaired) electrons. The molecule has 0 aliphatic carbocycles. The van der Waals surface area contributed by atoms with Crippen LogP contribution in [-0.4, -0.2) is 18.1 Å². The first kappa shape index (κ1) is 10.5. The fourth-order valence-corrected chi connectivity index (χ4v) is 1.43. The molecule has 14 heavy (non-hydrogen) atoms. The van der Waals surface area contributed by atoms with Crippen LogP contribution in [0.25, 0.3) is 5.53 Å². The molecule has 1 aromatic carbocycles. The average Bonchev–Trinajstić information content (AvgIpc) is 2.20. The minimum absolute atomic E-state index is 0.584. The zero-order valence-corrected chi connectivity index (χ0v) is 8.74. The van der Waals surface area contributed by atoms with Crippen molar-refractivity contribution < 1.29 is 9.53 Å². The Balaban J connectivity index is 3.16. The van der Waals surface area contributed by atoms with Crippen molar-refractivity contribution in [3.63, 3.8) is 0 Å². The number of aryl methyl sites for hydroxylation is 1. The zero-order valence-electron chi connectivity index (χ0n) is 8.74. The summed E-state index contributed by atoms with van der Waals surface area (Å²) in [6.45, 7) is 4.07. The Kier molecular flexibility index (Phi) is 3.43. The van der Waals surface area contributed by atoms with E-state index in [1.165, 1.54) is 11.8 Å². The van der Waals surface area contributed by atoms with Crippen molar-refractivity contribution >= 4 is 6.21 Å². The molecule has 0 saturated carbocycles. The van der Waals surface area contributed by atoms with Crippen LogP contribution in [0.5, 0.6) is 5.75 Å². The maximum Gasteiger partial charge on any atom is 0.261 e. The summed E-state index contributed by atoms with van der Waals surface area (Å²) < 4.78 is 5.31. The van der Waals surface area contributed by atoms with Crippen molar-refractivity contribution in [1.82, 2.24) is 0 Å². The summed E-state index contributed by atoms with van der Waals surface area (Å²) in [7, 11) is 1.65. The van der Waals surface area contributed by atoms with Crippen LogP contribution in [0.15, 0.2) is 12.1 Å². The lowest BCUT2D eigenvalue weighted by atomic mass is 10.0. The molecule has 3 heteroatoms. The number of ether oxygens (including phenoxy) is 1. The summed E-state index contributed by atoms with van der Waals surface area (Å²) in [5, 5.41) is 0. The number of rotatable bonds is 3. The third-order valence-electron chi connectivity index (χ3n) is 2.36. The lowest BCUT2D eigenvalue weighted by Gasteiger charge is -2.10. The first-order valence-corrected chi connectivity index (χ1v) is 4.49. The Bertz CT molecular complexity index is 379. The molecule has 0 aliphatic heterocycles. The summed E-state index contributed by atoms with van der Waals surface area (Å²) in [4.78, 5) is 2.98. The lowest BCUT2D eigenvalue weighted by molar-refractivity contribution is 0.00153. The molecule has 0 heterocycles. The predicted octanol–water partition coefficient (Wildman–Crippen LogP) is 2.16. The average molecular weight is 190 g/mol. The minimum Gasteiger partial charge on any atom is -0.496 e. The molecule has 0 N–H and O–H groups in total. The quantitative estimate of drug-likeness (QED) is 0.409. The summed E-state index contributed by atoms with van der Waals surface area (Å²) in [6, 6.07) is 4.03. The third-order valence-corrected chi connectivity index (χ3v) is 2.36. The lowest BCUT2D eigenvalue weighted by Crippen LogP contribution is -1.97. The summed E-state index contributed by atoms with van der Waals surface area (Å²) in [5.74, 6) is 0.880. The highest BCUT2D eigenvalue weighted by Gasteiger charge is 2.08. The predicted molar refractivity (Wildman–Crippen MR) is 55.9 cm³/mol. The Labute approximate surface area is 84.0 Å². The van der Waals surface area contributed by atoms with E-state index in [0.717, 1.165) is 16.9 Å². The van der Waals surface area contributed by atoms with Gasteiger partial charge in [0.2, 0.25) is 0 Å². The molecule has 0 aromatic heterocycles. The molecule has 0 spiro atoms. The van der Waals surface area contributed by atoms with E-state index in [-0.39, 0.29) is 0 Å². The van der Waals surface area contributed by atoms with Crippen LogP contribution in [0.1, 0.15) is 16.7 Å². The fourth-order valence-electron chi connectivity index (χ4n) is 1.43. The fraction of sp³-hybridized carbons (Fsp3) is 0.364. The van der Waals surface area contributed by atoms with E-state index in [1.807, 2.05) is 26.0 Å². The zero-order chi connectivity index (χ0) is 10.6. The number of hydrogen-bond acceptors (Lipinski definition) is 1. The first-order chi connectivity index (χ1) is 6.70. The summed E-state index contributed by atoms with van der Waals surface area (Å²) in [6.07, 6.45) is 2.04. The molecular formula is C11H14N2O. The van der Waals surface area contributed by atoms with Gasteiger partial charge in [0.25, 0.3) is 6.21 Å². The maximum absolute atomic E-state index is 8.34. The molecule has 0 atom stereocenters. The van der Waals surface area contributed by atoms with Gasteiger partial charge < -0.3 is 10.3 Å². The van der Waals surface area contributed by atoms with Gasteiger partial charge in [-0.25, -0.2) is 0 Å². The smallest absolute Gasteiger partial charge is 0.261 e. The largest absolute Gasteiger partial charge is 0.496 e. The van der Waals surface area contributed by atoms with Gasteiger partial charge in [-0.05, 0) is 25.0 Å². The second-order valence-electron chi connectivity index (χ2n) is 3.20. The van der Waals surface area contributed by atoms with E-state index in [2.05, 4.69) is 4.79 Å². The van der Waals surface area contributed by atoms with Crippen molar-refractivity contribution in [3.05, 3.63) is 34.4 Å². The first-order valence-electron chi connectivity index (χ1n) is 4.49. The van der Waals surface area contributed by atoms with Crippen LogP contribution in [-0.2, 0) is 6.42 Å². The topological polar surface area (TPSA) is 45.6 Å². The molecule has 0 amide bonds. The maximum atomic E-state index is 8.34. The highest BCUT2D eigenvalue weighted by molar-refractivity contribution is 5.60. The van der Waals surface area contributed by atoms with Gasteiger partial charge >= 0.3 is 0 Å². The van der Waals surface area contributed by atoms with Crippen molar-refractivity contribution in [1.29, 1.82) is 0 Å². The Morgan fingerprint density at radius 3 is 2.71 bits per heavy atom. The van der Waals surface area contributed by atoms with E-state index < -0.39 is 0 Å². The molecule has 3 nitrogen and oxygen atoms in total. The van der Waals surface area contributed by atoms with Crippen LogP contribution in [0.2, 0.25) is 0 Å². The molecule has 1 aromatic rings. The van der Waals surface area contributed by atoms with Crippen molar-refractivity contribution in [2.45, 2.75) is 20.3 Å². The Morgan fingerprint density at radius 2 is 2.14 bits per heavy atom. The van der Waals surface area contributed by atoms with Gasteiger partial charge in [0.15, 0.2) is 0 Å². The Hall–Kier alpha value is -1.60. The van der Waals surface area contributed by atoms with Gasteiger partial charge in [-0.2, -0.15) is 4.79 Å². The minimum atomic E-state index is 0.584. The second kappa shape index (κ2) is 4.58. The van der Waals surface area contributed by atoms with Gasteiger partial charge in [0.1, 0.15) is 5.75 Å². The second-order valence-corrected chi connectivity index (χ2v) is 3.20. The molecule has 0 saturated heterocycles. The highest BCUT2D eigenvalue weighted by Crippen LogP contribution is 2.25. The molecule has 0 aliphatic rings. The number of methoxy groups -OCH3 is 1. The number of benzene rings is 1. The van der Waals surface area contributed by atoms with Crippen LogP contribution in [0.3, 0.4) is 0 Å².